The topological polar surface area (TPSA) is 13.1 Å². The molecule has 0 radical (unpaired) electrons. The van der Waals surface area contributed by atoms with E-state index in [0.717, 1.165) is 16.9 Å². The number of hydrogen-bond donors (Lipinski definition) is 0. The lowest BCUT2D eigenvalue weighted by molar-refractivity contribution is 0.490. The minimum atomic E-state index is 0.0945. The van der Waals surface area contributed by atoms with Gasteiger partial charge in [0, 0.05) is 5.92 Å². The maximum absolute atomic E-state index is 5.40. The van der Waals surface area contributed by atoms with E-state index in [1.54, 1.807) is 0 Å². The van der Waals surface area contributed by atoms with Crippen LogP contribution < -0.4 is 0 Å². The Bertz CT molecular complexity index is 279. The highest BCUT2D eigenvalue weighted by Gasteiger charge is 2.53. The molecule has 0 amide bonds. The smallest absolute Gasteiger partial charge is 0.169 e. The number of halogens is 3. The average molecular weight is 345 g/mol. The molecule has 2 rings (SSSR count). The SMILES string of the molecule is Brc1ccc(C2CC2(Br)Br)o1. The fourth-order valence-electron chi connectivity index (χ4n) is 1.04. The van der Waals surface area contributed by atoms with Gasteiger partial charge in [0.2, 0.25) is 0 Å². The number of hydrogen-bond acceptors (Lipinski definition) is 1. The van der Waals surface area contributed by atoms with Gasteiger partial charge in [0.1, 0.15) is 5.76 Å². The molecule has 60 valence electrons. The lowest BCUT2D eigenvalue weighted by Gasteiger charge is -1.94. The Labute approximate surface area is 89.9 Å². The van der Waals surface area contributed by atoms with E-state index in [9.17, 15) is 0 Å². The van der Waals surface area contributed by atoms with Gasteiger partial charge in [-0.1, -0.05) is 31.9 Å². The van der Waals surface area contributed by atoms with E-state index in [-0.39, 0.29) is 3.23 Å². The number of alkyl halides is 2. The fraction of sp³-hybridized carbons (Fsp3) is 0.429. The first kappa shape index (κ1) is 8.32. The Morgan fingerprint density at radius 2 is 2.09 bits per heavy atom. The van der Waals surface area contributed by atoms with Crippen LogP contribution in [0.15, 0.2) is 21.2 Å². The average Bonchev–Trinajstić information content (AvgIpc) is 2.39. The van der Waals surface area contributed by atoms with Crippen molar-refractivity contribution >= 4 is 47.8 Å². The zero-order valence-electron chi connectivity index (χ0n) is 5.48. The second-order valence-corrected chi connectivity index (χ2v) is 7.34. The van der Waals surface area contributed by atoms with Gasteiger partial charge in [-0.25, -0.2) is 0 Å². The minimum Gasteiger partial charge on any atom is -0.454 e. The van der Waals surface area contributed by atoms with Gasteiger partial charge in [0.25, 0.3) is 0 Å². The standard InChI is InChI=1S/C7H5Br3O/c8-6-2-1-5(11-6)4-3-7(4,9)10/h1-2,4H,3H2. The summed E-state index contributed by atoms with van der Waals surface area (Å²) in [5, 5.41) is 0. The second kappa shape index (κ2) is 2.60. The highest BCUT2D eigenvalue weighted by molar-refractivity contribution is 9.25. The summed E-state index contributed by atoms with van der Waals surface area (Å²) in [5.41, 5.74) is 0. The van der Waals surface area contributed by atoms with Gasteiger partial charge in [-0.3, -0.25) is 0 Å². The summed E-state index contributed by atoms with van der Waals surface area (Å²) >= 11 is 10.3. The van der Waals surface area contributed by atoms with Crippen LogP contribution in [0.25, 0.3) is 0 Å². The van der Waals surface area contributed by atoms with Gasteiger partial charge in [-0.2, -0.15) is 0 Å². The largest absolute Gasteiger partial charge is 0.454 e. The van der Waals surface area contributed by atoms with E-state index in [1.807, 2.05) is 12.1 Å². The van der Waals surface area contributed by atoms with Crippen molar-refractivity contribution < 1.29 is 4.42 Å². The Morgan fingerprint density at radius 3 is 2.45 bits per heavy atom. The number of furan rings is 1. The first-order chi connectivity index (χ1) is 5.09. The molecule has 0 aliphatic heterocycles. The zero-order valence-corrected chi connectivity index (χ0v) is 10.2. The van der Waals surface area contributed by atoms with E-state index >= 15 is 0 Å². The molecule has 4 heteroatoms. The van der Waals surface area contributed by atoms with E-state index in [4.69, 9.17) is 4.42 Å². The lowest BCUT2D eigenvalue weighted by atomic mass is 10.3. The highest BCUT2D eigenvalue weighted by Crippen LogP contribution is 2.62. The molecule has 1 heterocycles. The Kier molecular flexibility index (Phi) is 1.97. The van der Waals surface area contributed by atoms with Crippen LogP contribution in [0.2, 0.25) is 0 Å². The molecule has 0 N–H and O–H groups in total. The van der Waals surface area contributed by atoms with Gasteiger partial charge >= 0.3 is 0 Å². The molecule has 1 unspecified atom stereocenters. The van der Waals surface area contributed by atoms with Crippen LogP contribution in [0.4, 0.5) is 0 Å². The zero-order chi connectivity index (χ0) is 8.06. The lowest BCUT2D eigenvalue weighted by Crippen LogP contribution is -1.84. The van der Waals surface area contributed by atoms with E-state index in [1.165, 1.54) is 0 Å². The predicted octanol–water partition coefficient (Wildman–Crippen LogP) is 4.02. The summed E-state index contributed by atoms with van der Waals surface area (Å²) in [6.45, 7) is 0. The summed E-state index contributed by atoms with van der Waals surface area (Å²) in [4.78, 5) is 0. The van der Waals surface area contributed by atoms with Gasteiger partial charge < -0.3 is 4.42 Å². The van der Waals surface area contributed by atoms with Crippen molar-refractivity contribution in [3.63, 3.8) is 0 Å². The molecule has 11 heavy (non-hydrogen) atoms. The molecule has 1 atom stereocenters. The van der Waals surface area contributed by atoms with Gasteiger partial charge in [0.15, 0.2) is 4.67 Å². The summed E-state index contributed by atoms with van der Waals surface area (Å²) in [6.07, 6.45) is 1.09. The summed E-state index contributed by atoms with van der Waals surface area (Å²) in [5.74, 6) is 1.51. The molecule has 0 bridgehead atoms. The number of rotatable bonds is 1. The Morgan fingerprint density at radius 1 is 1.45 bits per heavy atom. The van der Waals surface area contributed by atoms with Crippen molar-refractivity contribution in [1.29, 1.82) is 0 Å². The predicted molar refractivity (Wildman–Crippen MR) is 54.4 cm³/mol. The molecular formula is C7H5Br3O. The Hall–Kier alpha value is 0.720. The highest BCUT2D eigenvalue weighted by atomic mass is 79.9. The molecule has 0 spiro atoms. The van der Waals surface area contributed by atoms with Crippen LogP contribution >= 0.6 is 47.8 Å². The van der Waals surface area contributed by atoms with Gasteiger partial charge in [-0.05, 0) is 34.5 Å². The van der Waals surface area contributed by atoms with Crippen LogP contribution in [0.3, 0.4) is 0 Å². The molecule has 0 aromatic carbocycles. The van der Waals surface area contributed by atoms with Crippen molar-refractivity contribution in [2.24, 2.45) is 0 Å². The Balaban J connectivity index is 2.20. The molecule has 1 aliphatic rings. The molecule has 1 saturated carbocycles. The fourth-order valence-corrected chi connectivity index (χ4v) is 2.46. The molecule has 1 fully saturated rings. The molecule has 1 aliphatic carbocycles. The van der Waals surface area contributed by atoms with Crippen LogP contribution in [-0.2, 0) is 0 Å². The van der Waals surface area contributed by atoms with Crippen LogP contribution in [0.1, 0.15) is 18.1 Å². The van der Waals surface area contributed by atoms with Crippen molar-refractivity contribution in [3.8, 4) is 0 Å². The van der Waals surface area contributed by atoms with Crippen LogP contribution in [0, 0.1) is 0 Å². The molecule has 1 nitrogen and oxygen atoms in total. The van der Waals surface area contributed by atoms with Crippen LogP contribution in [0.5, 0.6) is 0 Å². The van der Waals surface area contributed by atoms with Crippen molar-refractivity contribution in [3.05, 3.63) is 22.6 Å². The monoisotopic (exact) mass is 342 g/mol. The van der Waals surface area contributed by atoms with Gasteiger partial charge in [-0.15, -0.1) is 0 Å². The second-order valence-electron chi connectivity index (χ2n) is 2.66. The van der Waals surface area contributed by atoms with E-state index in [2.05, 4.69) is 47.8 Å². The minimum absolute atomic E-state index is 0.0945. The summed E-state index contributed by atoms with van der Waals surface area (Å²) in [7, 11) is 0. The quantitative estimate of drug-likeness (QED) is 0.701. The third-order valence-corrected chi connectivity index (χ3v) is 3.94. The van der Waals surface area contributed by atoms with Gasteiger partial charge in [0.05, 0.1) is 3.23 Å². The molecular weight excluding hydrogens is 340 g/mol. The van der Waals surface area contributed by atoms with Crippen molar-refractivity contribution in [2.75, 3.05) is 0 Å². The normalized spacial score (nSPS) is 27.0. The van der Waals surface area contributed by atoms with E-state index in [0.29, 0.717) is 5.92 Å². The first-order valence-corrected chi connectivity index (χ1v) is 5.60. The molecule has 0 saturated heterocycles. The summed E-state index contributed by atoms with van der Waals surface area (Å²) in [6, 6.07) is 3.92. The van der Waals surface area contributed by atoms with Crippen LogP contribution in [-0.4, -0.2) is 3.23 Å². The first-order valence-electron chi connectivity index (χ1n) is 3.23. The van der Waals surface area contributed by atoms with Crippen molar-refractivity contribution in [2.45, 2.75) is 15.6 Å². The van der Waals surface area contributed by atoms with E-state index < -0.39 is 0 Å². The third kappa shape index (κ3) is 1.58. The van der Waals surface area contributed by atoms with Crippen molar-refractivity contribution in [1.82, 2.24) is 0 Å². The molecule has 1 aromatic rings. The summed E-state index contributed by atoms with van der Waals surface area (Å²) < 4.78 is 6.30. The molecule has 1 aromatic heterocycles. The third-order valence-electron chi connectivity index (χ3n) is 1.76. The maximum atomic E-state index is 5.40. The maximum Gasteiger partial charge on any atom is 0.169 e.